The fourth-order valence-corrected chi connectivity index (χ4v) is 3.62. The Kier molecular flexibility index (Phi) is 5.32. The van der Waals surface area contributed by atoms with Gasteiger partial charge in [0.15, 0.2) is 6.54 Å². The highest BCUT2D eigenvalue weighted by Crippen LogP contribution is 2.33. The first-order valence-electron chi connectivity index (χ1n) is 7.88. The maximum Gasteiger partial charge on any atom is 0.252 e. The Bertz CT molecular complexity index is 952. The molecule has 0 aliphatic carbocycles. The van der Waals surface area contributed by atoms with Crippen LogP contribution in [0.1, 0.15) is 16.7 Å². The molecule has 1 amide bonds. The number of aliphatic hydroxyl groups excluding tert-OH is 1. The third-order valence-corrected chi connectivity index (χ3v) is 4.83. The topological polar surface area (TPSA) is 75.4 Å². The fourth-order valence-electron chi connectivity index (χ4n) is 3.22. The number of nitrogens with one attached hydrogen (secondary N) is 1. The van der Waals surface area contributed by atoms with Crippen molar-refractivity contribution in [2.45, 2.75) is 0 Å². The molecular weight excluding hydrogens is 375 g/mol. The minimum atomic E-state index is -0.164. The summed E-state index contributed by atoms with van der Waals surface area (Å²) in [5.74, 6) is -0.164. The van der Waals surface area contributed by atoms with Crippen molar-refractivity contribution in [2.75, 3.05) is 20.2 Å². The molecule has 5 nitrogen and oxygen atoms in total. The van der Waals surface area contributed by atoms with E-state index in [1.54, 1.807) is 30.3 Å². The summed E-state index contributed by atoms with van der Waals surface area (Å²) in [7, 11) is 1.00. The van der Waals surface area contributed by atoms with Crippen LogP contribution in [0.5, 0.6) is 0 Å². The minimum absolute atomic E-state index is 0.112. The second-order valence-corrected chi connectivity index (χ2v) is 6.56. The molecule has 7 heteroatoms. The SMILES string of the molecule is CO.O=C1NCC2=C1c1ccc(Cl)cc1C(c1ccccc1Cl)=[N+]([O-])C2. The molecule has 0 saturated carbocycles. The van der Waals surface area contributed by atoms with Crippen LogP contribution in [0.2, 0.25) is 10.0 Å². The van der Waals surface area contributed by atoms with Gasteiger partial charge in [-0.25, -0.2) is 4.74 Å². The van der Waals surface area contributed by atoms with Crippen LogP contribution in [0.4, 0.5) is 0 Å². The first kappa shape index (κ1) is 18.5. The van der Waals surface area contributed by atoms with E-state index in [-0.39, 0.29) is 12.5 Å². The van der Waals surface area contributed by atoms with Crippen molar-refractivity contribution in [1.29, 1.82) is 0 Å². The average Bonchev–Trinajstić information content (AvgIpc) is 2.93. The van der Waals surface area contributed by atoms with E-state index < -0.39 is 0 Å². The van der Waals surface area contributed by atoms with Crippen molar-refractivity contribution in [3.63, 3.8) is 0 Å². The van der Waals surface area contributed by atoms with Gasteiger partial charge >= 0.3 is 0 Å². The molecule has 0 aromatic heterocycles. The van der Waals surface area contributed by atoms with Crippen LogP contribution < -0.4 is 5.32 Å². The average molecular weight is 391 g/mol. The summed E-state index contributed by atoms with van der Waals surface area (Å²) >= 11 is 12.5. The molecule has 2 aromatic carbocycles. The summed E-state index contributed by atoms with van der Waals surface area (Å²) in [6, 6.07) is 12.4. The first-order valence-corrected chi connectivity index (χ1v) is 8.63. The third kappa shape index (κ3) is 3.09. The number of hydrogen-bond donors (Lipinski definition) is 2. The van der Waals surface area contributed by atoms with Crippen molar-refractivity contribution in [3.8, 4) is 0 Å². The van der Waals surface area contributed by atoms with Crippen LogP contribution in [-0.2, 0) is 4.79 Å². The molecule has 0 fully saturated rings. The monoisotopic (exact) mass is 390 g/mol. The quantitative estimate of drug-likeness (QED) is 0.580. The van der Waals surface area contributed by atoms with Gasteiger partial charge in [0.25, 0.3) is 5.91 Å². The number of carbonyl (C=O) groups is 1. The minimum Gasteiger partial charge on any atom is -0.623 e. The van der Waals surface area contributed by atoms with Crippen molar-refractivity contribution in [1.82, 2.24) is 5.32 Å². The zero-order valence-corrected chi connectivity index (χ0v) is 15.4. The van der Waals surface area contributed by atoms with Gasteiger partial charge in [-0.3, -0.25) is 4.79 Å². The molecule has 2 N–H and O–H groups in total. The van der Waals surface area contributed by atoms with E-state index in [4.69, 9.17) is 28.3 Å². The van der Waals surface area contributed by atoms with Gasteiger partial charge in [-0.2, -0.15) is 0 Å². The van der Waals surface area contributed by atoms with E-state index in [1.807, 2.05) is 12.1 Å². The summed E-state index contributed by atoms with van der Waals surface area (Å²) in [5.41, 5.74) is 3.72. The molecule has 0 spiro atoms. The van der Waals surface area contributed by atoms with Crippen LogP contribution in [0.3, 0.4) is 0 Å². The van der Waals surface area contributed by atoms with E-state index in [0.717, 1.165) is 17.4 Å². The zero-order chi connectivity index (χ0) is 18.8. The molecule has 26 heavy (non-hydrogen) atoms. The number of hydroxylamine groups is 1. The number of rotatable bonds is 1. The number of hydrogen-bond acceptors (Lipinski definition) is 3. The molecule has 0 atom stereocenters. The van der Waals surface area contributed by atoms with Gasteiger partial charge in [0.2, 0.25) is 5.71 Å². The predicted molar refractivity (Wildman–Crippen MR) is 103 cm³/mol. The van der Waals surface area contributed by atoms with Crippen LogP contribution in [-0.4, -0.2) is 41.7 Å². The first-order chi connectivity index (χ1) is 12.6. The van der Waals surface area contributed by atoms with Gasteiger partial charge in [0.1, 0.15) is 0 Å². The predicted octanol–water partition coefficient (Wildman–Crippen LogP) is 2.85. The van der Waals surface area contributed by atoms with E-state index in [2.05, 4.69) is 5.32 Å². The van der Waals surface area contributed by atoms with Gasteiger partial charge in [-0.1, -0.05) is 41.4 Å². The van der Waals surface area contributed by atoms with E-state index in [9.17, 15) is 10.0 Å². The molecule has 0 saturated heterocycles. The molecule has 2 aromatic rings. The Morgan fingerprint density at radius 2 is 1.81 bits per heavy atom. The van der Waals surface area contributed by atoms with Gasteiger partial charge in [0, 0.05) is 29.8 Å². The van der Waals surface area contributed by atoms with Gasteiger partial charge < -0.3 is 15.6 Å². The smallest absolute Gasteiger partial charge is 0.252 e. The Hall–Kier alpha value is -2.34. The Balaban J connectivity index is 0.000000948. The largest absolute Gasteiger partial charge is 0.623 e. The molecule has 0 unspecified atom stereocenters. The van der Waals surface area contributed by atoms with Crippen molar-refractivity contribution < 1.29 is 14.6 Å². The van der Waals surface area contributed by atoms with E-state index in [0.29, 0.717) is 44.6 Å². The van der Waals surface area contributed by atoms with Crippen molar-refractivity contribution in [3.05, 3.63) is 80.0 Å². The number of benzene rings is 2. The van der Waals surface area contributed by atoms with Crippen LogP contribution in [0.25, 0.3) is 5.57 Å². The summed E-state index contributed by atoms with van der Waals surface area (Å²) in [5, 5.41) is 23.7. The van der Waals surface area contributed by atoms with E-state index >= 15 is 0 Å². The highest BCUT2D eigenvalue weighted by atomic mass is 35.5. The summed E-state index contributed by atoms with van der Waals surface area (Å²) in [4.78, 5) is 12.3. The highest BCUT2D eigenvalue weighted by molar-refractivity contribution is 6.36. The van der Waals surface area contributed by atoms with Gasteiger partial charge in [0.05, 0.1) is 21.7 Å². The summed E-state index contributed by atoms with van der Waals surface area (Å²) in [6.45, 7) is 0.492. The number of aliphatic hydroxyl groups is 1. The van der Waals surface area contributed by atoms with Crippen LogP contribution in [0.15, 0.2) is 48.0 Å². The number of nitrogens with zero attached hydrogens (tertiary/aromatic N) is 1. The lowest BCUT2D eigenvalue weighted by atomic mass is 9.92. The number of halogens is 2. The lowest BCUT2D eigenvalue weighted by Crippen LogP contribution is -2.24. The third-order valence-electron chi connectivity index (χ3n) is 4.26. The Labute approximate surface area is 160 Å². The maximum atomic E-state index is 12.9. The summed E-state index contributed by atoms with van der Waals surface area (Å²) < 4.78 is 0.888. The normalized spacial score (nSPS) is 15.6. The van der Waals surface area contributed by atoms with Crippen LogP contribution >= 0.6 is 23.2 Å². The number of carbonyl (C=O) groups excluding carboxylic acids is 1. The van der Waals surface area contributed by atoms with Crippen molar-refractivity contribution in [2.24, 2.45) is 0 Å². The van der Waals surface area contributed by atoms with Gasteiger partial charge in [-0.05, 0) is 24.3 Å². The van der Waals surface area contributed by atoms with Gasteiger partial charge in [-0.15, -0.1) is 0 Å². The van der Waals surface area contributed by atoms with E-state index in [1.165, 1.54) is 0 Å². The number of amides is 1. The molecular formula is C19H16Cl2N2O3. The highest BCUT2D eigenvalue weighted by Gasteiger charge is 2.34. The molecule has 2 aliphatic heterocycles. The second-order valence-electron chi connectivity index (χ2n) is 5.72. The lowest BCUT2D eigenvalue weighted by Gasteiger charge is -2.13. The lowest BCUT2D eigenvalue weighted by molar-refractivity contribution is -0.446. The molecule has 2 heterocycles. The molecule has 0 radical (unpaired) electrons. The molecule has 0 bridgehead atoms. The summed E-state index contributed by atoms with van der Waals surface area (Å²) in [6.07, 6.45) is 0. The standard InChI is InChI=1S/C18H12Cl2N2O2.CH4O/c19-11-5-6-12-14(7-11)17(13-3-1-2-4-15(13)20)22(24)9-10-8-21-18(23)16(10)12;1-2/h1-7H,8-9H2,(H,21,23);2H,1H3. The molecule has 2 aliphatic rings. The molecule has 134 valence electrons. The molecule has 4 rings (SSSR count). The number of fused-ring (bicyclic) bond motifs is 2. The maximum absolute atomic E-state index is 12.9. The van der Waals surface area contributed by atoms with Crippen LogP contribution in [0, 0.1) is 5.21 Å². The Morgan fingerprint density at radius 1 is 1.08 bits per heavy atom. The Morgan fingerprint density at radius 3 is 2.54 bits per heavy atom. The second kappa shape index (κ2) is 7.50. The fraction of sp³-hybridized carbons (Fsp3) is 0.158. The van der Waals surface area contributed by atoms with Crippen molar-refractivity contribution >= 4 is 40.4 Å². The zero-order valence-electron chi connectivity index (χ0n) is 13.9.